The van der Waals surface area contributed by atoms with Gasteiger partial charge in [-0.25, -0.2) is 4.79 Å². The van der Waals surface area contributed by atoms with E-state index in [0.29, 0.717) is 24.7 Å². The van der Waals surface area contributed by atoms with Crippen LogP contribution in [0.4, 0.5) is 4.79 Å². The van der Waals surface area contributed by atoms with Gasteiger partial charge in [-0.1, -0.05) is 23.7 Å². The van der Waals surface area contributed by atoms with Crippen molar-refractivity contribution in [3.63, 3.8) is 0 Å². The summed E-state index contributed by atoms with van der Waals surface area (Å²) in [7, 11) is 1.80. The molecule has 1 atom stereocenters. The summed E-state index contributed by atoms with van der Waals surface area (Å²) < 4.78 is 5.42. The first-order valence-electron chi connectivity index (χ1n) is 8.63. The Kier molecular flexibility index (Phi) is 6.33. The molecule has 0 radical (unpaired) electrons. The molecule has 0 spiro atoms. The van der Waals surface area contributed by atoms with E-state index in [9.17, 15) is 9.59 Å². The first kappa shape index (κ1) is 19.6. The van der Waals surface area contributed by atoms with Gasteiger partial charge in [-0.05, 0) is 51.3 Å². The van der Waals surface area contributed by atoms with E-state index in [1.807, 2.05) is 45.0 Å². The van der Waals surface area contributed by atoms with Crippen LogP contribution in [-0.4, -0.2) is 47.5 Å². The summed E-state index contributed by atoms with van der Waals surface area (Å²) in [5.74, 6) is -0.123. The molecule has 2 rings (SSSR count). The Labute approximate surface area is 154 Å². The van der Waals surface area contributed by atoms with Crippen LogP contribution < -0.4 is 0 Å². The summed E-state index contributed by atoms with van der Waals surface area (Å²) in [6.07, 6.45) is 1.26. The zero-order valence-corrected chi connectivity index (χ0v) is 16.2. The SMILES string of the molecule is CN(Cc1ccc(Cl)cc1)C(=O)C1CCCN(C(=O)OC(C)(C)C)C1. The number of ether oxygens (including phenoxy) is 1. The number of hydrogen-bond donors (Lipinski definition) is 0. The lowest BCUT2D eigenvalue weighted by molar-refractivity contribution is -0.136. The molecule has 0 aliphatic carbocycles. The molecule has 1 saturated heterocycles. The molecule has 5 nitrogen and oxygen atoms in total. The summed E-state index contributed by atoms with van der Waals surface area (Å²) in [4.78, 5) is 28.3. The Morgan fingerprint density at radius 2 is 1.92 bits per heavy atom. The van der Waals surface area contributed by atoms with Gasteiger partial charge >= 0.3 is 6.09 Å². The van der Waals surface area contributed by atoms with Crippen molar-refractivity contribution in [2.45, 2.75) is 45.8 Å². The van der Waals surface area contributed by atoms with E-state index in [4.69, 9.17) is 16.3 Å². The molecule has 25 heavy (non-hydrogen) atoms. The van der Waals surface area contributed by atoms with Crippen LogP contribution in [0.2, 0.25) is 5.02 Å². The fraction of sp³-hybridized carbons (Fsp3) is 0.579. The molecule has 0 aromatic heterocycles. The lowest BCUT2D eigenvalue weighted by Crippen LogP contribution is -2.47. The number of amides is 2. The Hall–Kier alpha value is -1.75. The van der Waals surface area contributed by atoms with Crippen LogP contribution in [0, 0.1) is 5.92 Å². The summed E-state index contributed by atoms with van der Waals surface area (Å²) in [6, 6.07) is 7.47. The molecule has 1 aliphatic heterocycles. The lowest BCUT2D eigenvalue weighted by atomic mass is 9.96. The lowest BCUT2D eigenvalue weighted by Gasteiger charge is -2.35. The zero-order chi connectivity index (χ0) is 18.6. The number of nitrogens with zero attached hydrogens (tertiary/aromatic N) is 2. The number of halogens is 1. The monoisotopic (exact) mass is 366 g/mol. The molecular weight excluding hydrogens is 340 g/mol. The minimum atomic E-state index is -0.528. The summed E-state index contributed by atoms with van der Waals surface area (Å²) in [5, 5.41) is 0.679. The highest BCUT2D eigenvalue weighted by Gasteiger charge is 2.32. The molecule has 1 aromatic rings. The molecule has 1 aromatic carbocycles. The maximum atomic E-state index is 12.7. The van der Waals surface area contributed by atoms with Crippen LogP contribution in [0.5, 0.6) is 0 Å². The molecule has 2 amide bonds. The minimum absolute atomic E-state index is 0.0585. The molecule has 0 N–H and O–H groups in total. The molecule has 138 valence electrons. The predicted octanol–water partition coefficient (Wildman–Crippen LogP) is 3.95. The van der Waals surface area contributed by atoms with E-state index in [-0.39, 0.29) is 17.9 Å². The van der Waals surface area contributed by atoms with Gasteiger partial charge in [0, 0.05) is 31.7 Å². The van der Waals surface area contributed by atoms with Crippen LogP contribution in [0.3, 0.4) is 0 Å². The molecule has 1 unspecified atom stereocenters. The highest BCUT2D eigenvalue weighted by Crippen LogP contribution is 2.22. The van der Waals surface area contributed by atoms with Crippen molar-refractivity contribution in [3.05, 3.63) is 34.9 Å². The maximum absolute atomic E-state index is 12.7. The quantitative estimate of drug-likeness (QED) is 0.813. The van der Waals surface area contributed by atoms with E-state index in [1.54, 1.807) is 16.8 Å². The second-order valence-corrected chi connectivity index (χ2v) is 8.02. The standard InChI is InChI=1S/C19H27ClN2O3/c1-19(2,3)25-18(24)22-11-5-6-15(13-22)17(23)21(4)12-14-7-9-16(20)10-8-14/h7-10,15H,5-6,11-13H2,1-4H3. The van der Waals surface area contributed by atoms with Gasteiger partial charge in [0.1, 0.15) is 5.60 Å². The molecule has 1 heterocycles. The highest BCUT2D eigenvalue weighted by molar-refractivity contribution is 6.30. The van der Waals surface area contributed by atoms with Gasteiger partial charge in [0.25, 0.3) is 0 Å². The summed E-state index contributed by atoms with van der Waals surface area (Å²) >= 11 is 5.89. The van der Waals surface area contributed by atoms with Crippen molar-refractivity contribution in [1.82, 2.24) is 9.80 Å². The Morgan fingerprint density at radius 1 is 1.28 bits per heavy atom. The number of carbonyl (C=O) groups is 2. The van der Waals surface area contributed by atoms with Gasteiger partial charge < -0.3 is 14.5 Å². The Morgan fingerprint density at radius 3 is 2.52 bits per heavy atom. The molecule has 0 bridgehead atoms. The van der Waals surface area contributed by atoms with E-state index in [2.05, 4.69) is 0 Å². The minimum Gasteiger partial charge on any atom is -0.444 e. The van der Waals surface area contributed by atoms with Crippen LogP contribution in [0.25, 0.3) is 0 Å². The predicted molar refractivity (Wildman–Crippen MR) is 98.5 cm³/mol. The van der Waals surface area contributed by atoms with E-state index >= 15 is 0 Å². The second-order valence-electron chi connectivity index (χ2n) is 7.59. The largest absolute Gasteiger partial charge is 0.444 e. The molecule has 1 aliphatic rings. The van der Waals surface area contributed by atoms with Crippen molar-refractivity contribution >= 4 is 23.6 Å². The van der Waals surface area contributed by atoms with Crippen molar-refractivity contribution < 1.29 is 14.3 Å². The first-order chi connectivity index (χ1) is 11.7. The van der Waals surface area contributed by atoms with Crippen LogP contribution in [-0.2, 0) is 16.1 Å². The normalized spacial score (nSPS) is 18.0. The average molecular weight is 367 g/mol. The van der Waals surface area contributed by atoms with Crippen molar-refractivity contribution in [2.75, 3.05) is 20.1 Å². The van der Waals surface area contributed by atoms with Gasteiger partial charge in [-0.15, -0.1) is 0 Å². The third-order valence-electron chi connectivity index (χ3n) is 4.13. The van der Waals surface area contributed by atoms with Crippen LogP contribution in [0.15, 0.2) is 24.3 Å². The van der Waals surface area contributed by atoms with E-state index in [1.165, 1.54) is 0 Å². The third kappa shape index (κ3) is 5.92. The van der Waals surface area contributed by atoms with Crippen molar-refractivity contribution in [2.24, 2.45) is 5.92 Å². The number of rotatable bonds is 3. The first-order valence-corrected chi connectivity index (χ1v) is 9.01. The van der Waals surface area contributed by atoms with Gasteiger partial charge in [0.15, 0.2) is 0 Å². The number of carbonyl (C=O) groups excluding carboxylic acids is 2. The smallest absolute Gasteiger partial charge is 0.410 e. The Bertz CT molecular complexity index is 610. The number of piperidine rings is 1. The maximum Gasteiger partial charge on any atom is 0.410 e. The summed E-state index contributed by atoms with van der Waals surface area (Å²) in [6.45, 7) is 7.11. The number of benzene rings is 1. The molecule has 0 saturated carbocycles. The zero-order valence-electron chi connectivity index (χ0n) is 15.4. The van der Waals surface area contributed by atoms with Crippen molar-refractivity contribution in [3.8, 4) is 0 Å². The van der Waals surface area contributed by atoms with E-state index < -0.39 is 5.60 Å². The van der Waals surface area contributed by atoms with Gasteiger partial charge in [0.05, 0.1) is 5.92 Å². The summed E-state index contributed by atoms with van der Waals surface area (Å²) in [5.41, 5.74) is 0.499. The van der Waals surface area contributed by atoms with Crippen LogP contribution in [0.1, 0.15) is 39.2 Å². The molecule has 6 heteroatoms. The second kappa shape index (κ2) is 8.09. The fourth-order valence-corrected chi connectivity index (χ4v) is 3.05. The topological polar surface area (TPSA) is 49.9 Å². The van der Waals surface area contributed by atoms with Crippen LogP contribution >= 0.6 is 11.6 Å². The average Bonchev–Trinajstić information content (AvgIpc) is 2.55. The highest BCUT2D eigenvalue weighted by atomic mass is 35.5. The van der Waals surface area contributed by atoms with Gasteiger partial charge in [0.2, 0.25) is 5.91 Å². The Balaban J connectivity index is 1.94. The van der Waals surface area contributed by atoms with E-state index in [0.717, 1.165) is 18.4 Å². The number of hydrogen-bond acceptors (Lipinski definition) is 3. The molecular formula is C19H27ClN2O3. The fourth-order valence-electron chi connectivity index (χ4n) is 2.92. The molecule has 1 fully saturated rings. The number of likely N-dealkylation sites (tertiary alicyclic amines) is 1. The van der Waals surface area contributed by atoms with Gasteiger partial charge in [-0.3, -0.25) is 4.79 Å². The van der Waals surface area contributed by atoms with Crippen molar-refractivity contribution in [1.29, 1.82) is 0 Å². The van der Waals surface area contributed by atoms with Gasteiger partial charge in [-0.2, -0.15) is 0 Å². The third-order valence-corrected chi connectivity index (χ3v) is 4.38.